The Labute approximate surface area is 182 Å². The van der Waals surface area contributed by atoms with Crippen LogP contribution in [0.15, 0.2) is 66.9 Å². The van der Waals surface area contributed by atoms with Crippen LogP contribution < -0.4 is 10.2 Å². The topological polar surface area (TPSA) is 45.2 Å². The Morgan fingerprint density at radius 2 is 1.84 bits per heavy atom. The fraction of sp³-hybridized carbons (Fsp3) is 0.217. The number of aromatic nitrogens is 1. The molecule has 1 unspecified atom stereocenters. The summed E-state index contributed by atoms with van der Waals surface area (Å²) in [6, 6.07) is 17.0. The van der Waals surface area contributed by atoms with Crippen LogP contribution in [-0.2, 0) is 6.18 Å². The number of pyridine rings is 1. The highest BCUT2D eigenvalue weighted by molar-refractivity contribution is 6.30. The van der Waals surface area contributed by atoms with Crippen molar-refractivity contribution in [2.75, 3.05) is 18.0 Å². The molecular formula is C23H19ClF3N3O. The van der Waals surface area contributed by atoms with Crippen molar-refractivity contribution in [1.82, 2.24) is 10.3 Å². The number of benzene rings is 2. The highest BCUT2D eigenvalue weighted by Crippen LogP contribution is 2.30. The van der Waals surface area contributed by atoms with Gasteiger partial charge in [-0.2, -0.15) is 13.2 Å². The van der Waals surface area contributed by atoms with Gasteiger partial charge in [-0.1, -0.05) is 35.9 Å². The van der Waals surface area contributed by atoms with Crippen molar-refractivity contribution < 1.29 is 18.0 Å². The Morgan fingerprint density at radius 1 is 1.06 bits per heavy atom. The van der Waals surface area contributed by atoms with E-state index in [9.17, 15) is 18.0 Å². The summed E-state index contributed by atoms with van der Waals surface area (Å²) in [5.41, 5.74) is 1.69. The fourth-order valence-corrected chi connectivity index (χ4v) is 3.77. The second-order valence-electron chi connectivity index (χ2n) is 7.40. The molecule has 0 bridgehead atoms. The van der Waals surface area contributed by atoms with Gasteiger partial charge in [0, 0.05) is 35.9 Å². The summed E-state index contributed by atoms with van der Waals surface area (Å²) in [4.78, 5) is 18.4. The highest BCUT2D eigenvalue weighted by Gasteiger charge is 2.31. The third-order valence-electron chi connectivity index (χ3n) is 5.23. The van der Waals surface area contributed by atoms with Crippen LogP contribution in [0.1, 0.15) is 22.3 Å². The van der Waals surface area contributed by atoms with Crippen molar-refractivity contribution in [1.29, 1.82) is 0 Å². The van der Waals surface area contributed by atoms with Gasteiger partial charge in [-0.05, 0) is 53.9 Å². The number of anilines is 1. The molecule has 160 valence electrons. The highest BCUT2D eigenvalue weighted by atomic mass is 35.5. The molecule has 0 saturated carbocycles. The number of halogens is 4. The van der Waals surface area contributed by atoms with E-state index in [2.05, 4.69) is 10.3 Å². The van der Waals surface area contributed by atoms with Gasteiger partial charge >= 0.3 is 6.18 Å². The van der Waals surface area contributed by atoms with Crippen LogP contribution in [-0.4, -0.2) is 30.0 Å². The molecule has 1 aliphatic heterocycles. The Kier molecular flexibility index (Phi) is 5.87. The van der Waals surface area contributed by atoms with Crippen molar-refractivity contribution in [3.05, 3.63) is 83.0 Å². The van der Waals surface area contributed by atoms with Crippen LogP contribution >= 0.6 is 11.6 Å². The predicted molar refractivity (Wildman–Crippen MR) is 114 cm³/mol. The molecule has 1 aromatic heterocycles. The average Bonchev–Trinajstić information content (AvgIpc) is 3.22. The number of nitrogens with one attached hydrogen (secondary N) is 1. The minimum atomic E-state index is -4.41. The third-order valence-corrected chi connectivity index (χ3v) is 5.46. The number of rotatable bonds is 4. The largest absolute Gasteiger partial charge is 0.417 e. The molecule has 0 radical (unpaired) electrons. The summed E-state index contributed by atoms with van der Waals surface area (Å²) in [7, 11) is 0. The second kappa shape index (κ2) is 8.59. The summed E-state index contributed by atoms with van der Waals surface area (Å²) >= 11 is 6.03. The number of carbonyl (C=O) groups excluding carboxylic acids is 1. The molecule has 8 heteroatoms. The van der Waals surface area contributed by atoms with Crippen molar-refractivity contribution in [3.8, 4) is 11.1 Å². The van der Waals surface area contributed by atoms with Gasteiger partial charge in [0.1, 0.15) is 5.82 Å². The van der Waals surface area contributed by atoms with Gasteiger partial charge in [0.15, 0.2) is 0 Å². The Hall–Kier alpha value is -3.06. The van der Waals surface area contributed by atoms with Crippen molar-refractivity contribution in [2.24, 2.45) is 0 Å². The molecule has 2 aromatic carbocycles. The van der Waals surface area contributed by atoms with Gasteiger partial charge in [-0.15, -0.1) is 0 Å². The smallest absolute Gasteiger partial charge is 0.354 e. The summed E-state index contributed by atoms with van der Waals surface area (Å²) in [6.07, 6.45) is -2.88. The third kappa shape index (κ3) is 4.99. The van der Waals surface area contributed by atoms with E-state index in [-0.39, 0.29) is 11.9 Å². The Bertz CT molecular complexity index is 1070. The lowest BCUT2D eigenvalue weighted by molar-refractivity contribution is -0.137. The van der Waals surface area contributed by atoms with Crippen LogP contribution in [0.5, 0.6) is 0 Å². The molecule has 31 heavy (non-hydrogen) atoms. The van der Waals surface area contributed by atoms with Gasteiger partial charge in [-0.25, -0.2) is 4.98 Å². The van der Waals surface area contributed by atoms with E-state index in [4.69, 9.17) is 11.6 Å². The molecule has 4 nitrogen and oxygen atoms in total. The molecule has 1 amide bonds. The van der Waals surface area contributed by atoms with E-state index in [0.29, 0.717) is 35.9 Å². The minimum Gasteiger partial charge on any atom is -0.354 e. The first kappa shape index (κ1) is 21.2. The molecule has 4 rings (SSSR count). The van der Waals surface area contributed by atoms with Crippen LogP contribution in [0, 0.1) is 0 Å². The minimum absolute atomic E-state index is 0.107. The van der Waals surface area contributed by atoms with E-state index in [1.165, 1.54) is 6.07 Å². The van der Waals surface area contributed by atoms with Gasteiger partial charge < -0.3 is 10.2 Å². The second-order valence-corrected chi connectivity index (χ2v) is 7.83. The van der Waals surface area contributed by atoms with E-state index in [1.54, 1.807) is 18.2 Å². The zero-order valence-electron chi connectivity index (χ0n) is 16.4. The maximum atomic E-state index is 12.7. The number of nitrogens with zero attached hydrogens (tertiary/aromatic N) is 2. The van der Waals surface area contributed by atoms with E-state index >= 15 is 0 Å². The number of hydrogen-bond acceptors (Lipinski definition) is 3. The summed E-state index contributed by atoms with van der Waals surface area (Å²) < 4.78 is 38.1. The maximum absolute atomic E-state index is 12.7. The molecule has 1 aliphatic rings. The standard InChI is InChI=1S/C23H19ClF3N3O/c24-19-3-1-2-17(12-19)15-4-6-16(7-5-15)22(31)29-20-10-11-30(14-20)21-9-8-18(13-28-21)23(25,26)27/h1-9,12-13,20H,10-11,14H2,(H,29,31). The molecule has 3 aromatic rings. The molecule has 2 heterocycles. The number of hydrogen-bond donors (Lipinski definition) is 1. The summed E-state index contributed by atoms with van der Waals surface area (Å²) in [5, 5.41) is 3.64. The van der Waals surface area contributed by atoms with Gasteiger partial charge in [0.25, 0.3) is 5.91 Å². The molecular weight excluding hydrogens is 427 g/mol. The quantitative estimate of drug-likeness (QED) is 0.582. The zero-order chi connectivity index (χ0) is 22.0. The predicted octanol–water partition coefficient (Wildman–Crippen LogP) is 5.43. The SMILES string of the molecule is O=C(NC1CCN(c2ccc(C(F)(F)F)cn2)C1)c1ccc(-c2cccc(Cl)c2)cc1. The summed E-state index contributed by atoms with van der Waals surface area (Å²) in [5.74, 6) is 0.278. The van der Waals surface area contributed by atoms with Crippen LogP contribution in [0.25, 0.3) is 11.1 Å². The average molecular weight is 446 g/mol. The van der Waals surface area contributed by atoms with Crippen LogP contribution in [0.3, 0.4) is 0 Å². The van der Waals surface area contributed by atoms with E-state index in [0.717, 1.165) is 23.4 Å². The van der Waals surface area contributed by atoms with Crippen molar-refractivity contribution in [2.45, 2.75) is 18.6 Å². The summed E-state index contributed by atoms with van der Waals surface area (Å²) in [6.45, 7) is 1.10. The zero-order valence-corrected chi connectivity index (χ0v) is 17.1. The molecule has 1 N–H and O–H groups in total. The van der Waals surface area contributed by atoms with Crippen LogP contribution in [0.2, 0.25) is 5.02 Å². The van der Waals surface area contributed by atoms with Crippen molar-refractivity contribution in [3.63, 3.8) is 0 Å². The lowest BCUT2D eigenvalue weighted by Gasteiger charge is -2.18. The van der Waals surface area contributed by atoms with E-state index in [1.807, 2.05) is 35.2 Å². The fourth-order valence-electron chi connectivity index (χ4n) is 3.58. The number of carbonyl (C=O) groups is 1. The Morgan fingerprint density at radius 3 is 2.48 bits per heavy atom. The van der Waals surface area contributed by atoms with Gasteiger partial charge in [0.05, 0.1) is 5.56 Å². The normalized spacial score (nSPS) is 16.4. The van der Waals surface area contributed by atoms with E-state index < -0.39 is 11.7 Å². The van der Waals surface area contributed by atoms with Gasteiger partial charge in [0.2, 0.25) is 0 Å². The first-order chi connectivity index (χ1) is 14.8. The Balaban J connectivity index is 1.36. The lowest BCUT2D eigenvalue weighted by atomic mass is 10.0. The molecule has 1 atom stereocenters. The van der Waals surface area contributed by atoms with Gasteiger partial charge in [-0.3, -0.25) is 4.79 Å². The number of alkyl halides is 3. The molecule has 0 aliphatic carbocycles. The first-order valence-corrected chi connectivity index (χ1v) is 10.1. The maximum Gasteiger partial charge on any atom is 0.417 e. The van der Waals surface area contributed by atoms with Crippen LogP contribution in [0.4, 0.5) is 19.0 Å². The van der Waals surface area contributed by atoms with Crippen molar-refractivity contribution >= 4 is 23.3 Å². The molecule has 1 saturated heterocycles. The first-order valence-electron chi connectivity index (χ1n) is 9.75. The number of amides is 1. The molecule has 1 fully saturated rings. The molecule has 0 spiro atoms. The monoisotopic (exact) mass is 445 g/mol. The lowest BCUT2D eigenvalue weighted by Crippen LogP contribution is -2.37.